The number of likely N-dealkylation sites (N-methyl/N-ethyl adjacent to an activating group) is 1. The number of benzene rings is 1. The molecule has 0 heterocycles. The van der Waals surface area contributed by atoms with Gasteiger partial charge < -0.3 is 5.32 Å². The van der Waals surface area contributed by atoms with Crippen molar-refractivity contribution in [2.45, 2.75) is 32.2 Å². The zero-order chi connectivity index (χ0) is 10.8. The van der Waals surface area contributed by atoms with Gasteiger partial charge in [-0.25, -0.2) is 4.39 Å². The minimum absolute atomic E-state index is 0.135. The maximum atomic E-state index is 12.9. The van der Waals surface area contributed by atoms with Crippen LogP contribution < -0.4 is 5.32 Å². The van der Waals surface area contributed by atoms with Crippen molar-refractivity contribution < 1.29 is 4.39 Å². The molecule has 1 atom stereocenters. The molecule has 82 valence electrons. The van der Waals surface area contributed by atoms with Crippen LogP contribution in [0.25, 0.3) is 0 Å². The molecule has 1 aromatic carbocycles. The largest absolute Gasteiger partial charge is 0.316 e. The van der Waals surface area contributed by atoms with Crippen molar-refractivity contribution in [2.24, 2.45) is 5.92 Å². The molecule has 1 unspecified atom stereocenters. The molecule has 0 bridgehead atoms. The van der Waals surface area contributed by atoms with Gasteiger partial charge in [-0.2, -0.15) is 0 Å². The number of rotatable bonds is 4. The maximum Gasteiger partial charge on any atom is 0.123 e. The van der Waals surface area contributed by atoms with Crippen molar-refractivity contribution in [3.8, 4) is 0 Å². The van der Waals surface area contributed by atoms with Gasteiger partial charge in [-0.05, 0) is 62.4 Å². The Morgan fingerprint density at radius 2 is 2.20 bits per heavy atom. The van der Waals surface area contributed by atoms with Gasteiger partial charge in [-0.3, -0.25) is 0 Å². The molecule has 1 N–H and O–H groups in total. The van der Waals surface area contributed by atoms with Gasteiger partial charge in [0.15, 0.2) is 0 Å². The molecule has 1 fully saturated rings. The molecular formula is C13H18FN. The fourth-order valence-electron chi connectivity index (χ4n) is 2.13. The highest BCUT2D eigenvalue weighted by atomic mass is 19.1. The summed E-state index contributed by atoms with van der Waals surface area (Å²) in [5.41, 5.74) is 2.33. The number of aryl methyl sites for hydroxylation is 1. The molecule has 0 aromatic heterocycles. The Morgan fingerprint density at radius 1 is 1.47 bits per heavy atom. The van der Waals surface area contributed by atoms with Crippen LogP contribution in [0, 0.1) is 18.7 Å². The van der Waals surface area contributed by atoms with Crippen LogP contribution in [0.4, 0.5) is 4.39 Å². The van der Waals surface area contributed by atoms with Gasteiger partial charge in [0.05, 0.1) is 0 Å². The molecule has 1 aromatic rings. The second-order valence-electron chi connectivity index (χ2n) is 4.51. The standard InChI is InChI=1S/C13H18FN/c1-9-7-12(14)6-5-11(9)8-13(15-2)10-3-4-10/h5-7,10,13,15H,3-4,8H2,1-2H3. The molecule has 2 rings (SSSR count). The molecule has 1 saturated carbocycles. The average molecular weight is 207 g/mol. The van der Waals surface area contributed by atoms with Crippen LogP contribution in [0.2, 0.25) is 0 Å². The van der Waals surface area contributed by atoms with Crippen molar-refractivity contribution in [2.75, 3.05) is 7.05 Å². The summed E-state index contributed by atoms with van der Waals surface area (Å²) in [5.74, 6) is 0.697. The van der Waals surface area contributed by atoms with E-state index in [1.807, 2.05) is 20.0 Å². The van der Waals surface area contributed by atoms with Gasteiger partial charge in [-0.15, -0.1) is 0 Å². The van der Waals surface area contributed by atoms with E-state index in [0.29, 0.717) is 6.04 Å². The first-order valence-electron chi connectivity index (χ1n) is 5.63. The van der Waals surface area contributed by atoms with E-state index in [1.54, 1.807) is 12.1 Å². The molecule has 0 aliphatic heterocycles. The van der Waals surface area contributed by atoms with Gasteiger partial charge in [-0.1, -0.05) is 6.07 Å². The summed E-state index contributed by atoms with van der Waals surface area (Å²) < 4.78 is 12.9. The molecule has 0 spiro atoms. The van der Waals surface area contributed by atoms with Crippen molar-refractivity contribution >= 4 is 0 Å². The van der Waals surface area contributed by atoms with Crippen LogP contribution in [-0.2, 0) is 6.42 Å². The Kier molecular flexibility index (Phi) is 3.06. The highest BCUT2D eigenvalue weighted by Crippen LogP contribution is 2.34. The summed E-state index contributed by atoms with van der Waals surface area (Å²) >= 11 is 0. The zero-order valence-corrected chi connectivity index (χ0v) is 9.39. The predicted molar refractivity (Wildman–Crippen MR) is 60.4 cm³/mol. The fraction of sp³-hybridized carbons (Fsp3) is 0.538. The first-order valence-corrected chi connectivity index (χ1v) is 5.63. The van der Waals surface area contributed by atoms with Gasteiger partial charge >= 0.3 is 0 Å². The predicted octanol–water partition coefficient (Wildman–Crippen LogP) is 2.67. The summed E-state index contributed by atoms with van der Waals surface area (Å²) in [6, 6.07) is 5.66. The van der Waals surface area contributed by atoms with Gasteiger partial charge in [0, 0.05) is 6.04 Å². The lowest BCUT2D eigenvalue weighted by Gasteiger charge is -2.16. The van der Waals surface area contributed by atoms with Crippen molar-refractivity contribution in [1.82, 2.24) is 5.32 Å². The van der Waals surface area contributed by atoms with Crippen molar-refractivity contribution in [3.05, 3.63) is 35.1 Å². The highest BCUT2D eigenvalue weighted by molar-refractivity contribution is 5.27. The van der Waals surface area contributed by atoms with Gasteiger partial charge in [0.25, 0.3) is 0 Å². The Labute approximate surface area is 90.7 Å². The molecule has 1 aliphatic carbocycles. The molecule has 1 aliphatic rings. The maximum absolute atomic E-state index is 12.9. The SMILES string of the molecule is CNC(Cc1ccc(F)cc1C)C1CC1. The van der Waals surface area contributed by atoms with Crippen LogP contribution in [0.3, 0.4) is 0 Å². The van der Waals surface area contributed by atoms with E-state index in [2.05, 4.69) is 5.32 Å². The quantitative estimate of drug-likeness (QED) is 0.800. The number of hydrogen-bond donors (Lipinski definition) is 1. The first kappa shape index (κ1) is 10.6. The number of halogens is 1. The van der Waals surface area contributed by atoms with Crippen LogP contribution in [0.5, 0.6) is 0 Å². The molecule has 15 heavy (non-hydrogen) atoms. The van der Waals surface area contributed by atoms with E-state index in [0.717, 1.165) is 17.9 Å². The topological polar surface area (TPSA) is 12.0 Å². The van der Waals surface area contributed by atoms with Crippen LogP contribution in [-0.4, -0.2) is 13.1 Å². The second-order valence-corrected chi connectivity index (χ2v) is 4.51. The van der Waals surface area contributed by atoms with Crippen molar-refractivity contribution in [1.29, 1.82) is 0 Å². The smallest absolute Gasteiger partial charge is 0.123 e. The zero-order valence-electron chi connectivity index (χ0n) is 9.39. The third-order valence-electron chi connectivity index (χ3n) is 3.31. The van der Waals surface area contributed by atoms with Crippen LogP contribution in [0.15, 0.2) is 18.2 Å². The summed E-state index contributed by atoms with van der Waals surface area (Å²) in [4.78, 5) is 0. The molecule has 0 radical (unpaired) electrons. The van der Waals surface area contributed by atoms with E-state index < -0.39 is 0 Å². The fourth-order valence-corrected chi connectivity index (χ4v) is 2.13. The lowest BCUT2D eigenvalue weighted by molar-refractivity contribution is 0.499. The molecular weight excluding hydrogens is 189 g/mol. The lowest BCUT2D eigenvalue weighted by Crippen LogP contribution is -2.29. The first-order chi connectivity index (χ1) is 7.20. The van der Waals surface area contributed by atoms with Crippen LogP contribution >= 0.6 is 0 Å². The normalized spacial score (nSPS) is 17.8. The minimum Gasteiger partial charge on any atom is -0.316 e. The molecule has 0 amide bonds. The van der Waals surface area contributed by atoms with Crippen LogP contribution in [0.1, 0.15) is 24.0 Å². The van der Waals surface area contributed by atoms with E-state index in [-0.39, 0.29) is 5.82 Å². The van der Waals surface area contributed by atoms with E-state index in [1.165, 1.54) is 18.4 Å². The molecule has 0 saturated heterocycles. The van der Waals surface area contributed by atoms with E-state index in [9.17, 15) is 4.39 Å². The van der Waals surface area contributed by atoms with Gasteiger partial charge in [0.1, 0.15) is 5.82 Å². The number of hydrogen-bond acceptors (Lipinski definition) is 1. The third kappa shape index (κ3) is 2.57. The Bertz CT molecular complexity index is 344. The minimum atomic E-state index is -0.135. The lowest BCUT2D eigenvalue weighted by atomic mass is 9.98. The second kappa shape index (κ2) is 4.31. The molecule has 1 nitrogen and oxygen atoms in total. The summed E-state index contributed by atoms with van der Waals surface area (Å²) in [7, 11) is 2.02. The third-order valence-corrected chi connectivity index (χ3v) is 3.31. The Morgan fingerprint density at radius 3 is 2.73 bits per heavy atom. The summed E-state index contributed by atoms with van der Waals surface area (Å²) in [6.07, 6.45) is 3.70. The Balaban J connectivity index is 2.08. The average Bonchev–Trinajstić information content (AvgIpc) is 3.00. The highest BCUT2D eigenvalue weighted by Gasteiger charge is 2.30. The summed E-state index contributed by atoms with van der Waals surface area (Å²) in [6.45, 7) is 1.98. The Hall–Kier alpha value is -0.890. The van der Waals surface area contributed by atoms with E-state index in [4.69, 9.17) is 0 Å². The number of nitrogens with one attached hydrogen (secondary N) is 1. The van der Waals surface area contributed by atoms with E-state index >= 15 is 0 Å². The van der Waals surface area contributed by atoms with Gasteiger partial charge in [0.2, 0.25) is 0 Å². The molecule has 2 heteroatoms. The summed E-state index contributed by atoms with van der Waals surface area (Å²) in [5, 5.41) is 3.36. The van der Waals surface area contributed by atoms with Crippen molar-refractivity contribution in [3.63, 3.8) is 0 Å². The monoisotopic (exact) mass is 207 g/mol.